The molecule has 1 aromatic rings. The Hall–Kier alpha value is -0.990. The number of nitrogens with zero attached hydrogens (tertiary/aromatic N) is 1. The molecule has 1 amide bonds. The van der Waals surface area contributed by atoms with Crippen LogP contribution in [-0.2, 0) is 4.79 Å². The van der Waals surface area contributed by atoms with Crippen molar-refractivity contribution in [2.75, 3.05) is 13.1 Å². The van der Waals surface area contributed by atoms with Crippen LogP contribution >= 0.6 is 23.2 Å². The number of hydrogen-bond acceptors (Lipinski definition) is 1. The minimum atomic E-state index is 0.0397. The highest BCUT2D eigenvalue weighted by atomic mass is 35.5. The highest BCUT2D eigenvalue weighted by molar-refractivity contribution is 6.37. The Labute approximate surface area is 124 Å². The van der Waals surface area contributed by atoms with Gasteiger partial charge in [0.15, 0.2) is 0 Å². The Bertz CT molecular complexity index is 457. The van der Waals surface area contributed by atoms with Gasteiger partial charge in [-0.25, -0.2) is 0 Å². The van der Waals surface area contributed by atoms with Crippen LogP contribution in [0.5, 0.6) is 0 Å². The number of rotatable bonds is 2. The molecule has 0 radical (unpaired) electrons. The first kappa shape index (κ1) is 14.4. The maximum Gasteiger partial charge on any atom is 0.246 e. The molecule has 0 unspecified atom stereocenters. The van der Waals surface area contributed by atoms with E-state index in [-0.39, 0.29) is 5.91 Å². The number of halogens is 2. The number of amides is 1. The number of benzene rings is 1. The zero-order valence-corrected chi connectivity index (χ0v) is 12.3. The number of carbonyl (C=O) groups excluding carboxylic acids is 1. The van der Waals surface area contributed by atoms with Crippen LogP contribution in [0.25, 0.3) is 6.08 Å². The maximum atomic E-state index is 12.1. The van der Waals surface area contributed by atoms with Gasteiger partial charge in [0.1, 0.15) is 0 Å². The zero-order valence-electron chi connectivity index (χ0n) is 10.7. The molecule has 1 heterocycles. The van der Waals surface area contributed by atoms with Gasteiger partial charge in [-0.05, 0) is 31.1 Å². The van der Waals surface area contributed by atoms with Gasteiger partial charge < -0.3 is 4.90 Å². The molecule has 0 atom stereocenters. The Balaban J connectivity index is 2.07. The molecule has 1 aliphatic rings. The summed E-state index contributed by atoms with van der Waals surface area (Å²) in [5.41, 5.74) is 0.703. The molecule has 1 saturated heterocycles. The second-order valence-electron chi connectivity index (χ2n) is 4.71. The van der Waals surface area contributed by atoms with Crippen LogP contribution in [0.15, 0.2) is 24.3 Å². The van der Waals surface area contributed by atoms with Crippen LogP contribution in [0.3, 0.4) is 0 Å². The summed E-state index contributed by atoms with van der Waals surface area (Å²) in [6.45, 7) is 1.69. The zero-order chi connectivity index (χ0) is 13.7. The van der Waals surface area contributed by atoms with E-state index in [2.05, 4.69) is 0 Å². The first-order valence-corrected chi connectivity index (χ1v) is 7.35. The standard InChI is InChI=1S/C15H17Cl2NO/c16-13-6-5-7-14(17)12(13)8-9-15(19)18-10-3-1-2-4-11-18/h5-9H,1-4,10-11H2. The van der Waals surface area contributed by atoms with Gasteiger partial charge in [0.25, 0.3) is 0 Å². The van der Waals surface area contributed by atoms with Gasteiger partial charge in [0, 0.05) is 34.8 Å². The van der Waals surface area contributed by atoms with E-state index < -0.39 is 0 Å². The molecular formula is C15H17Cl2NO. The molecule has 0 aliphatic carbocycles. The molecule has 19 heavy (non-hydrogen) atoms. The minimum absolute atomic E-state index is 0.0397. The molecule has 0 saturated carbocycles. The number of carbonyl (C=O) groups is 1. The summed E-state index contributed by atoms with van der Waals surface area (Å²) in [5.74, 6) is 0.0397. The van der Waals surface area contributed by atoms with Crippen LogP contribution in [0.4, 0.5) is 0 Å². The van der Waals surface area contributed by atoms with Crippen molar-refractivity contribution in [3.63, 3.8) is 0 Å². The molecule has 2 nitrogen and oxygen atoms in total. The van der Waals surface area contributed by atoms with Crippen LogP contribution in [0.1, 0.15) is 31.2 Å². The fraction of sp³-hybridized carbons (Fsp3) is 0.400. The molecular weight excluding hydrogens is 281 g/mol. The maximum absolute atomic E-state index is 12.1. The van der Waals surface area contributed by atoms with Gasteiger partial charge in [-0.2, -0.15) is 0 Å². The average Bonchev–Trinajstić information content (AvgIpc) is 2.66. The van der Waals surface area contributed by atoms with Crippen LogP contribution in [-0.4, -0.2) is 23.9 Å². The first-order chi connectivity index (χ1) is 9.18. The molecule has 0 spiro atoms. The highest BCUT2D eigenvalue weighted by Gasteiger charge is 2.13. The van der Waals surface area contributed by atoms with Gasteiger partial charge in [-0.3, -0.25) is 4.79 Å². The van der Waals surface area contributed by atoms with Crippen molar-refractivity contribution >= 4 is 35.2 Å². The van der Waals surface area contributed by atoms with Crippen molar-refractivity contribution in [3.8, 4) is 0 Å². The van der Waals surface area contributed by atoms with Gasteiger partial charge in [-0.1, -0.05) is 42.1 Å². The highest BCUT2D eigenvalue weighted by Crippen LogP contribution is 2.25. The number of hydrogen-bond donors (Lipinski definition) is 0. The Morgan fingerprint density at radius 2 is 1.63 bits per heavy atom. The lowest BCUT2D eigenvalue weighted by Crippen LogP contribution is -2.30. The molecule has 1 fully saturated rings. The summed E-state index contributed by atoms with van der Waals surface area (Å²) in [7, 11) is 0. The van der Waals surface area contributed by atoms with Crippen molar-refractivity contribution in [1.82, 2.24) is 4.90 Å². The molecule has 1 aliphatic heterocycles. The lowest BCUT2D eigenvalue weighted by atomic mass is 10.2. The van der Waals surface area contributed by atoms with E-state index in [0.29, 0.717) is 15.6 Å². The summed E-state index contributed by atoms with van der Waals surface area (Å²) < 4.78 is 0. The predicted molar refractivity (Wildman–Crippen MR) is 80.5 cm³/mol. The van der Waals surface area contributed by atoms with E-state index in [0.717, 1.165) is 25.9 Å². The van der Waals surface area contributed by atoms with E-state index in [4.69, 9.17) is 23.2 Å². The van der Waals surface area contributed by atoms with E-state index in [1.807, 2.05) is 4.90 Å². The molecule has 1 aromatic carbocycles. The third-order valence-corrected chi connectivity index (χ3v) is 3.97. The predicted octanol–water partition coefficient (Wildman–Crippen LogP) is 4.41. The largest absolute Gasteiger partial charge is 0.339 e. The summed E-state index contributed by atoms with van der Waals surface area (Å²) in [5, 5.41) is 1.12. The monoisotopic (exact) mass is 297 g/mol. The van der Waals surface area contributed by atoms with Crippen molar-refractivity contribution in [2.24, 2.45) is 0 Å². The second-order valence-corrected chi connectivity index (χ2v) is 5.52. The Morgan fingerprint density at radius 3 is 2.21 bits per heavy atom. The SMILES string of the molecule is O=C(C=Cc1c(Cl)cccc1Cl)N1CCCCCC1. The van der Waals surface area contributed by atoms with Crippen LogP contribution < -0.4 is 0 Å². The van der Waals surface area contributed by atoms with Gasteiger partial charge in [0.2, 0.25) is 5.91 Å². The fourth-order valence-corrected chi connectivity index (χ4v) is 2.74. The summed E-state index contributed by atoms with van der Waals surface area (Å²) >= 11 is 12.1. The van der Waals surface area contributed by atoms with Crippen molar-refractivity contribution in [1.29, 1.82) is 0 Å². The van der Waals surface area contributed by atoms with Gasteiger partial charge >= 0.3 is 0 Å². The van der Waals surface area contributed by atoms with E-state index in [9.17, 15) is 4.79 Å². The van der Waals surface area contributed by atoms with Gasteiger partial charge in [-0.15, -0.1) is 0 Å². The molecule has 4 heteroatoms. The van der Waals surface area contributed by atoms with Crippen LogP contribution in [0, 0.1) is 0 Å². The summed E-state index contributed by atoms with van der Waals surface area (Å²) in [6, 6.07) is 5.33. The lowest BCUT2D eigenvalue weighted by Gasteiger charge is -2.18. The lowest BCUT2D eigenvalue weighted by molar-refractivity contribution is -0.125. The fourth-order valence-electron chi connectivity index (χ4n) is 2.22. The molecule has 0 N–H and O–H groups in total. The van der Waals surface area contributed by atoms with E-state index >= 15 is 0 Å². The Kier molecular flexibility index (Phi) is 5.29. The van der Waals surface area contributed by atoms with E-state index in [1.54, 1.807) is 30.4 Å². The molecule has 2 rings (SSSR count). The first-order valence-electron chi connectivity index (χ1n) is 6.59. The van der Waals surface area contributed by atoms with Gasteiger partial charge in [0.05, 0.1) is 0 Å². The topological polar surface area (TPSA) is 20.3 Å². The van der Waals surface area contributed by atoms with E-state index in [1.165, 1.54) is 12.8 Å². The van der Waals surface area contributed by atoms with Crippen LogP contribution in [0.2, 0.25) is 10.0 Å². The summed E-state index contributed by atoms with van der Waals surface area (Å²) in [4.78, 5) is 14.0. The normalized spacial score (nSPS) is 16.6. The quantitative estimate of drug-likeness (QED) is 0.741. The number of likely N-dealkylation sites (tertiary alicyclic amines) is 1. The third kappa shape index (κ3) is 3.99. The Morgan fingerprint density at radius 1 is 1.05 bits per heavy atom. The minimum Gasteiger partial charge on any atom is -0.339 e. The van der Waals surface area contributed by atoms with Crippen molar-refractivity contribution in [3.05, 3.63) is 39.9 Å². The third-order valence-electron chi connectivity index (χ3n) is 3.31. The summed E-state index contributed by atoms with van der Waals surface area (Å²) in [6.07, 6.45) is 7.88. The van der Waals surface area contributed by atoms with Crippen molar-refractivity contribution in [2.45, 2.75) is 25.7 Å². The molecule has 0 bridgehead atoms. The molecule has 0 aromatic heterocycles. The second kappa shape index (κ2) is 6.97. The van der Waals surface area contributed by atoms with Crippen molar-refractivity contribution < 1.29 is 4.79 Å². The molecule has 102 valence electrons. The smallest absolute Gasteiger partial charge is 0.246 e. The average molecular weight is 298 g/mol.